The Balaban J connectivity index is 1.43. The topological polar surface area (TPSA) is 118 Å². The SMILES string of the molecule is Cc1ccc(S(=O)(=O)CC(=O)Cc2ccc(-n3c(=O)[nH]c4cc5c(cc4c3=O)CCN5)c(F)c2)s1. The van der Waals surface area contributed by atoms with Gasteiger partial charge in [-0.05, 0) is 60.9 Å². The quantitative estimate of drug-likeness (QED) is 0.409. The number of H-pyrrole nitrogens is 1. The van der Waals surface area contributed by atoms with E-state index in [-0.39, 0.29) is 27.3 Å². The fraction of sp³-hybridized carbons (Fsp3) is 0.208. The van der Waals surface area contributed by atoms with Crippen LogP contribution in [0.2, 0.25) is 0 Å². The van der Waals surface area contributed by atoms with E-state index < -0.39 is 38.4 Å². The highest BCUT2D eigenvalue weighted by atomic mass is 32.2. The molecule has 35 heavy (non-hydrogen) atoms. The second kappa shape index (κ2) is 8.58. The zero-order valence-electron chi connectivity index (χ0n) is 18.6. The Morgan fingerprint density at radius 1 is 1.14 bits per heavy atom. The van der Waals surface area contributed by atoms with E-state index in [9.17, 15) is 22.8 Å². The third kappa shape index (κ3) is 4.32. The number of aryl methyl sites for hydroxylation is 1. The number of thiophene rings is 1. The number of aromatic nitrogens is 2. The average Bonchev–Trinajstić information content (AvgIpc) is 3.42. The van der Waals surface area contributed by atoms with Crippen LogP contribution in [0.5, 0.6) is 0 Å². The van der Waals surface area contributed by atoms with Gasteiger partial charge in [0.15, 0.2) is 15.6 Å². The van der Waals surface area contributed by atoms with Gasteiger partial charge in [-0.2, -0.15) is 0 Å². The predicted octanol–water partition coefficient (Wildman–Crippen LogP) is 2.74. The number of nitrogens with one attached hydrogen (secondary N) is 2. The first-order chi connectivity index (χ1) is 16.6. The molecule has 0 radical (unpaired) electrons. The van der Waals surface area contributed by atoms with Gasteiger partial charge in [0.05, 0.1) is 16.6 Å². The number of carbonyl (C=O) groups is 1. The molecule has 0 aliphatic carbocycles. The van der Waals surface area contributed by atoms with Crippen molar-refractivity contribution in [2.24, 2.45) is 0 Å². The van der Waals surface area contributed by atoms with Gasteiger partial charge in [-0.15, -0.1) is 11.3 Å². The van der Waals surface area contributed by atoms with Crippen molar-refractivity contribution < 1.29 is 17.6 Å². The molecule has 0 saturated carbocycles. The summed E-state index contributed by atoms with van der Waals surface area (Å²) in [5, 5.41) is 3.44. The van der Waals surface area contributed by atoms with E-state index in [0.29, 0.717) is 5.52 Å². The minimum Gasteiger partial charge on any atom is -0.384 e. The molecule has 0 amide bonds. The summed E-state index contributed by atoms with van der Waals surface area (Å²) in [7, 11) is -3.78. The molecule has 2 N–H and O–H groups in total. The maximum Gasteiger partial charge on any atom is 0.333 e. The molecule has 0 spiro atoms. The molecule has 0 fully saturated rings. The van der Waals surface area contributed by atoms with Crippen molar-refractivity contribution in [3.8, 4) is 5.69 Å². The number of rotatable bonds is 6. The molecular formula is C24H20FN3O5S2. The average molecular weight is 514 g/mol. The first-order valence-corrected chi connectivity index (χ1v) is 13.2. The van der Waals surface area contributed by atoms with Gasteiger partial charge in [-0.25, -0.2) is 22.2 Å². The molecule has 1 aliphatic rings. The van der Waals surface area contributed by atoms with Gasteiger partial charge in [-0.3, -0.25) is 9.59 Å². The Hall–Kier alpha value is -3.57. The Labute approximate surface area is 203 Å². The normalized spacial score (nSPS) is 13.1. The van der Waals surface area contributed by atoms with E-state index in [1.54, 1.807) is 25.1 Å². The summed E-state index contributed by atoms with van der Waals surface area (Å²) in [5.74, 6) is -2.16. The molecular weight excluding hydrogens is 493 g/mol. The maximum atomic E-state index is 15.0. The van der Waals surface area contributed by atoms with Crippen molar-refractivity contribution in [1.29, 1.82) is 0 Å². The summed E-state index contributed by atoms with van der Waals surface area (Å²) >= 11 is 1.09. The Bertz CT molecular complexity index is 1730. The van der Waals surface area contributed by atoms with Crippen LogP contribution in [0.25, 0.3) is 16.6 Å². The van der Waals surface area contributed by atoms with Crippen molar-refractivity contribution in [2.75, 3.05) is 17.6 Å². The number of halogens is 1. The fourth-order valence-electron chi connectivity index (χ4n) is 4.21. The fourth-order valence-corrected chi connectivity index (χ4v) is 6.83. The lowest BCUT2D eigenvalue weighted by Gasteiger charge is -2.10. The first kappa shape index (κ1) is 23.2. The van der Waals surface area contributed by atoms with Gasteiger partial charge in [0.2, 0.25) is 0 Å². The summed E-state index contributed by atoms with van der Waals surface area (Å²) in [6.07, 6.45) is 0.436. The Morgan fingerprint density at radius 2 is 1.94 bits per heavy atom. The van der Waals surface area contributed by atoms with E-state index in [1.165, 1.54) is 18.2 Å². The second-order valence-corrected chi connectivity index (χ2v) is 11.9. The number of Topliss-reactive ketones (excluding diaryl/α,β-unsaturated/α-hetero) is 1. The second-order valence-electron chi connectivity index (χ2n) is 8.43. The molecule has 11 heteroatoms. The number of hydrogen-bond donors (Lipinski definition) is 2. The van der Waals surface area contributed by atoms with Gasteiger partial charge >= 0.3 is 5.69 Å². The molecule has 4 aromatic rings. The third-order valence-electron chi connectivity index (χ3n) is 5.86. The highest BCUT2D eigenvalue weighted by Gasteiger charge is 2.22. The van der Waals surface area contributed by atoms with Crippen molar-refractivity contribution in [3.05, 3.63) is 85.1 Å². The number of hydrogen-bond acceptors (Lipinski definition) is 7. The van der Waals surface area contributed by atoms with Crippen molar-refractivity contribution >= 4 is 43.5 Å². The number of fused-ring (bicyclic) bond motifs is 2. The third-order valence-corrected chi connectivity index (χ3v) is 9.12. The summed E-state index contributed by atoms with van der Waals surface area (Å²) in [5.41, 5.74) is 0.683. The van der Waals surface area contributed by atoms with Crippen LogP contribution in [0.4, 0.5) is 10.1 Å². The molecule has 180 valence electrons. The van der Waals surface area contributed by atoms with Crippen LogP contribution in [0.1, 0.15) is 16.0 Å². The van der Waals surface area contributed by atoms with Gasteiger partial charge in [0, 0.05) is 23.5 Å². The lowest BCUT2D eigenvalue weighted by molar-refractivity contribution is -0.116. The standard InChI is InChI=1S/C24H20FN3O5S2/c1-13-2-5-22(34-13)35(32,33)12-16(29)8-14-3-4-21(18(25)9-14)28-23(30)17-10-15-6-7-26-19(15)11-20(17)27-24(28)31/h2-5,9-11,26H,6-8,12H2,1H3,(H,27,31). The largest absolute Gasteiger partial charge is 0.384 e. The molecule has 2 aromatic heterocycles. The van der Waals surface area contributed by atoms with E-state index in [1.807, 2.05) is 0 Å². The Morgan fingerprint density at radius 3 is 2.66 bits per heavy atom. The Kier molecular flexibility index (Phi) is 5.68. The molecule has 0 unspecified atom stereocenters. The molecule has 0 saturated heterocycles. The lowest BCUT2D eigenvalue weighted by atomic mass is 10.1. The van der Waals surface area contributed by atoms with E-state index in [4.69, 9.17) is 0 Å². The van der Waals surface area contributed by atoms with E-state index >= 15 is 4.39 Å². The number of ketones is 1. The molecule has 0 atom stereocenters. The first-order valence-electron chi connectivity index (χ1n) is 10.8. The molecule has 3 heterocycles. The highest BCUT2D eigenvalue weighted by molar-refractivity contribution is 7.94. The van der Waals surface area contributed by atoms with E-state index in [2.05, 4.69) is 10.3 Å². The van der Waals surface area contributed by atoms with Crippen molar-refractivity contribution in [2.45, 2.75) is 24.0 Å². The van der Waals surface area contributed by atoms with Gasteiger partial charge in [-0.1, -0.05) is 6.07 Å². The summed E-state index contributed by atoms with van der Waals surface area (Å²) in [6, 6.07) is 10.2. The summed E-state index contributed by atoms with van der Waals surface area (Å²) in [6.45, 7) is 2.50. The zero-order chi connectivity index (χ0) is 24.9. The molecule has 5 rings (SSSR count). The van der Waals surface area contributed by atoms with E-state index in [0.717, 1.165) is 51.1 Å². The molecule has 0 bridgehead atoms. The van der Waals surface area contributed by atoms with Crippen LogP contribution in [-0.4, -0.2) is 36.0 Å². The highest BCUT2D eigenvalue weighted by Crippen LogP contribution is 2.26. The predicted molar refractivity (Wildman–Crippen MR) is 132 cm³/mol. The number of aromatic amines is 1. The van der Waals surface area contributed by atoms with Crippen LogP contribution < -0.4 is 16.6 Å². The van der Waals surface area contributed by atoms with Gasteiger partial charge < -0.3 is 10.3 Å². The maximum absolute atomic E-state index is 15.0. The van der Waals surface area contributed by atoms with Gasteiger partial charge in [0.25, 0.3) is 5.56 Å². The molecule has 1 aliphatic heterocycles. The smallest absolute Gasteiger partial charge is 0.333 e. The number of sulfone groups is 1. The number of benzene rings is 2. The molecule has 8 nitrogen and oxygen atoms in total. The minimum absolute atomic E-state index is 0.112. The van der Waals surface area contributed by atoms with Gasteiger partial charge in [0.1, 0.15) is 15.8 Å². The van der Waals surface area contributed by atoms with Crippen LogP contribution in [0.3, 0.4) is 0 Å². The lowest BCUT2D eigenvalue weighted by Crippen LogP contribution is -2.34. The number of anilines is 1. The zero-order valence-corrected chi connectivity index (χ0v) is 20.2. The monoisotopic (exact) mass is 513 g/mol. The summed E-state index contributed by atoms with van der Waals surface area (Å²) in [4.78, 5) is 41.6. The van der Waals surface area contributed by atoms with Crippen LogP contribution in [0, 0.1) is 12.7 Å². The number of carbonyl (C=O) groups excluding carboxylic acids is 1. The van der Waals surface area contributed by atoms with Crippen LogP contribution in [0.15, 0.2) is 56.3 Å². The van der Waals surface area contributed by atoms with Crippen LogP contribution in [-0.2, 0) is 27.5 Å². The van der Waals surface area contributed by atoms with Crippen molar-refractivity contribution in [1.82, 2.24) is 9.55 Å². The summed E-state index contributed by atoms with van der Waals surface area (Å²) < 4.78 is 40.7. The van der Waals surface area contributed by atoms with Crippen LogP contribution >= 0.6 is 11.3 Å². The number of nitrogens with zero attached hydrogens (tertiary/aromatic N) is 1. The minimum atomic E-state index is -3.78. The van der Waals surface area contributed by atoms with Crippen molar-refractivity contribution in [3.63, 3.8) is 0 Å². The molecule has 2 aromatic carbocycles.